The lowest BCUT2D eigenvalue weighted by Gasteiger charge is -2.14. The van der Waals surface area contributed by atoms with Crippen molar-refractivity contribution < 1.29 is 9.53 Å². The van der Waals surface area contributed by atoms with E-state index in [1.807, 2.05) is 44.2 Å². The Kier molecular flexibility index (Phi) is 6.46. The normalized spacial score (nSPS) is 11.7. The van der Waals surface area contributed by atoms with Gasteiger partial charge in [0.25, 0.3) is 11.5 Å². The first-order chi connectivity index (χ1) is 14.4. The molecular weight excluding hydrogens is 384 g/mol. The molecule has 0 saturated heterocycles. The number of hydrogen-bond acceptors (Lipinski definition) is 5. The summed E-state index contributed by atoms with van der Waals surface area (Å²) >= 11 is 0. The first-order valence-corrected chi connectivity index (χ1v) is 9.68. The molecule has 0 unspecified atom stereocenters. The molecule has 0 spiro atoms. The predicted molar refractivity (Wildman–Crippen MR) is 113 cm³/mol. The van der Waals surface area contributed by atoms with Crippen LogP contribution in [0.15, 0.2) is 64.2 Å². The van der Waals surface area contributed by atoms with Gasteiger partial charge in [0.15, 0.2) is 0 Å². The maximum absolute atomic E-state index is 13.1. The largest absolute Gasteiger partial charge is 0.497 e. The van der Waals surface area contributed by atoms with Crippen LogP contribution in [0.3, 0.4) is 0 Å². The number of carbonyl (C=O) groups is 1. The van der Waals surface area contributed by atoms with Crippen molar-refractivity contribution in [1.82, 2.24) is 19.7 Å². The van der Waals surface area contributed by atoms with Crippen molar-refractivity contribution in [2.45, 2.75) is 32.9 Å². The fourth-order valence-corrected chi connectivity index (χ4v) is 2.85. The molecule has 0 fully saturated rings. The number of benzene rings is 2. The van der Waals surface area contributed by atoms with Crippen LogP contribution in [-0.4, -0.2) is 33.4 Å². The summed E-state index contributed by atoms with van der Waals surface area (Å²) in [6.45, 7) is 3.78. The van der Waals surface area contributed by atoms with Gasteiger partial charge in [-0.05, 0) is 43.2 Å². The third kappa shape index (κ3) is 4.48. The lowest BCUT2D eigenvalue weighted by molar-refractivity contribution is 0.0929. The van der Waals surface area contributed by atoms with Crippen LogP contribution in [0, 0.1) is 0 Å². The molecule has 1 amide bonds. The molecule has 156 valence electrons. The highest BCUT2D eigenvalue weighted by molar-refractivity contribution is 5.91. The van der Waals surface area contributed by atoms with E-state index in [0.29, 0.717) is 17.9 Å². The molecule has 0 aliphatic heterocycles. The van der Waals surface area contributed by atoms with Gasteiger partial charge >= 0.3 is 5.69 Å². The third-order valence-corrected chi connectivity index (χ3v) is 4.77. The number of rotatable bonds is 7. The number of nitrogens with zero attached hydrogens (tertiary/aromatic N) is 3. The zero-order valence-corrected chi connectivity index (χ0v) is 17.2. The van der Waals surface area contributed by atoms with Gasteiger partial charge in [-0.15, -0.1) is 0 Å². The van der Waals surface area contributed by atoms with Crippen molar-refractivity contribution >= 4 is 5.91 Å². The van der Waals surface area contributed by atoms with Crippen LogP contribution in [0.25, 0.3) is 5.69 Å². The van der Waals surface area contributed by atoms with Crippen molar-refractivity contribution in [3.63, 3.8) is 0 Å². The van der Waals surface area contributed by atoms with Crippen molar-refractivity contribution in [2.24, 2.45) is 0 Å². The smallest absolute Gasteiger partial charge is 0.352 e. The van der Waals surface area contributed by atoms with Gasteiger partial charge in [0, 0.05) is 6.04 Å². The fraction of sp³-hybridized carbons (Fsp3) is 0.273. The molecule has 0 saturated carbocycles. The zero-order valence-electron chi connectivity index (χ0n) is 17.2. The molecule has 8 heteroatoms. The number of ether oxygens (including phenoxy) is 1. The molecule has 0 aliphatic rings. The molecular formula is C22H24N4O4. The molecule has 30 heavy (non-hydrogen) atoms. The summed E-state index contributed by atoms with van der Waals surface area (Å²) in [5, 5.41) is 6.85. The molecule has 1 heterocycles. The highest BCUT2D eigenvalue weighted by Crippen LogP contribution is 2.13. The van der Waals surface area contributed by atoms with Crippen LogP contribution >= 0.6 is 0 Å². The van der Waals surface area contributed by atoms with Crippen molar-refractivity contribution in [3.05, 3.63) is 86.7 Å². The topological polar surface area (TPSA) is 95.2 Å². The Morgan fingerprint density at radius 1 is 1.10 bits per heavy atom. The van der Waals surface area contributed by atoms with E-state index >= 15 is 0 Å². The van der Waals surface area contributed by atoms with Crippen molar-refractivity contribution in [2.75, 3.05) is 7.11 Å². The van der Waals surface area contributed by atoms with Crippen LogP contribution in [0.5, 0.6) is 5.75 Å². The third-order valence-electron chi connectivity index (χ3n) is 4.77. The van der Waals surface area contributed by atoms with Crippen molar-refractivity contribution in [1.29, 1.82) is 0 Å². The summed E-state index contributed by atoms with van der Waals surface area (Å²) in [5.41, 5.74) is -0.511. The molecule has 1 aromatic heterocycles. The Labute approximate surface area is 173 Å². The standard InChI is InChI=1S/C22H24N4O4/c1-4-15(2)23-20(27)19-21(28)25(14-16-8-6-5-7-9-16)22(29)26(24-19)17-10-12-18(30-3)13-11-17/h5-13,15H,4,14H2,1-3H3,(H,23,27)/t15-/m1/s1. The number of carbonyl (C=O) groups excluding carboxylic acids is 1. The lowest BCUT2D eigenvalue weighted by atomic mass is 10.2. The maximum Gasteiger partial charge on any atom is 0.352 e. The summed E-state index contributed by atoms with van der Waals surface area (Å²) in [6.07, 6.45) is 0.696. The Morgan fingerprint density at radius 3 is 2.37 bits per heavy atom. The monoisotopic (exact) mass is 408 g/mol. The van der Waals surface area contributed by atoms with Gasteiger partial charge in [-0.25, -0.2) is 4.79 Å². The van der Waals surface area contributed by atoms with Crippen LogP contribution in [-0.2, 0) is 6.54 Å². The molecule has 2 aromatic carbocycles. The minimum Gasteiger partial charge on any atom is -0.497 e. The van der Waals surface area contributed by atoms with Gasteiger partial charge < -0.3 is 10.1 Å². The number of methoxy groups -OCH3 is 1. The van der Waals surface area contributed by atoms with Gasteiger partial charge in [-0.2, -0.15) is 9.78 Å². The Hall–Kier alpha value is -3.68. The van der Waals surface area contributed by atoms with Crippen LogP contribution in [0.4, 0.5) is 0 Å². The van der Waals surface area contributed by atoms with E-state index in [2.05, 4.69) is 10.4 Å². The summed E-state index contributed by atoms with van der Waals surface area (Å²) in [7, 11) is 1.54. The SMILES string of the molecule is CC[C@@H](C)NC(=O)c1nn(-c2ccc(OC)cc2)c(=O)n(Cc2ccccc2)c1=O. The first-order valence-electron chi connectivity index (χ1n) is 9.68. The average molecular weight is 408 g/mol. The predicted octanol–water partition coefficient (Wildman–Crippen LogP) is 1.98. The van der Waals surface area contributed by atoms with E-state index in [0.717, 1.165) is 14.8 Å². The van der Waals surface area contributed by atoms with Gasteiger partial charge in [0.1, 0.15) is 5.75 Å². The van der Waals surface area contributed by atoms with Gasteiger partial charge in [0.05, 0.1) is 19.3 Å². The minimum atomic E-state index is -0.727. The number of nitrogens with one attached hydrogen (secondary N) is 1. The minimum absolute atomic E-state index is 0.0286. The molecule has 1 N–H and O–H groups in total. The van der Waals surface area contributed by atoms with E-state index in [-0.39, 0.29) is 18.3 Å². The van der Waals surface area contributed by atoms with E-state index < -0.39 is 17.2 Å². The second-order valence-electron chi connectivity index (χ2n) is 6.90. The Bertz CT molecular complexity index is 1130. The molecule has 0 aliphatic carbocycles. The van der Waals surface area contributed by atoms with E-state index in [9.17, 15) is 14.4 Å². The highest BCUT2D eigenvalue weighted by Gasteiger charge is 2.21. The molecule has 3 aromatic rings. The Balaban J connectivity index is 2.16. The quantitative estimate of drug-likeness (QED) is 0.645. The first kappa shape index (κ1) is 21.0. The second kappa shape index (κ2) is 9.21. The maximum atomic E-state index is 13.1. The van der Waals surface area contributed by atoms with Gasteiger partial charge in [-0.3, -0.25) is 14.2 Å². The zero-order chi connectivity index (χ0) is 21.7. The van der Waals surface area contributed by atoms with Crippen LogP contribution in [0.1, 0.15) is 36.3 Å². The molecule has 0 radical (unpaired) electrons. The summed E-state index contributed by atoms with van der Waals surface area (Å²) < 4.78 is 7.24. The number of amides is 1. The molecule has 8 nitrogen and oxygen atoms in total. The highest BCUT2D eigenvalue weighted by atomic mass is 16.5. The molecule has 3 rings (SSSR count). The van der Waals surface area contributed by atoms with E-state index in [4.69, 9.17) is 4.74 Å². The van der Waals surface area contributed by atoms with Gasteiger partial charge in [0.2, 0.25) is 5.69 Å². The van der Waals surface area contributed by atoms with E-state index in [1.165, 1.54) is 7.11 Å². The van der Waals surface area contributed by atoms with Crippen molar-refractivity contribution in [3.8, 4) is 11.4 Å². The van der Waals surface area contributed by atoms with Crippen LogP contribution in [0.2, 0.25) is 0 Å². The van der Waals surface area contributed by atoms with E-state index in [1.54, 1.807) is 24.3 Å². The van der Waals surface area contributed by atoms with Gasteiger partial charge in [-0.1, -0.05) is 37.3 Å². The summed E-state index contributed by atoms with van der Waals surface area (Å²) in [4.78, 5) is 38.8. The summed E-state index contributed by atoms with van der Waals surface area (Å²) in [5.74, 6) is -0.00225. The second-order valence-corrected chi connectivity index (χ2v) is 6.90. The lowest BCUT2D eigenvalue weighted by Crippen LogP contribution is -2.47. The average Bonchev–Trinajstić information content (AvgIpc) is 2.77. The van der Waals surface area contributed by atoms with Crippen LogP contribution < -0.4 is 21.3 Å². The number of hydrogen-bond donors (Lipinski definition) is 1. The fourth-order valence-electron chi connectivity index (χ4n) is 2.85. The molecule has 1 atom stereocenters. The molecule has 0 bridgehead atoms. The number of aromatic nitrogens is 3. The summed E-state index contributed by atoms with van der Waals surface area (Å²) in [6, 6.07) is 15.6. The Morgan fingerprint density at radius 2 is 1.77 bits per heavy atom.